The topological polar surface area (TPSA) is 49.4 Å². The summed E-state index contributed by atoms with van der Waals surface area (Å²) < 4.78 is 29.2. The number of hydrogen-bond donors (Lipinski definition) is 1. The highest BCUT2D eigenvalue weighted by molar-refractivity contribution is 9.11. The van der Waals surface area contributed by atoms with Gasteiger partial charge in [-0.05, 0) is 46.3 Å². The zero-order valence-corrected chi connectivity index (χ0v) is 15.5. The van der Waals surface area contributed by atoms with Crippen molar-refractivity contribution in [2.45, 2.75) is 4.21 Å². The lowest BCUT2D eigenvalue weighted by molar-refractivity contribution is 0.603. The molecular formula is C12H12Br2N2O2S2. The van der Waals surface area contributed by atoms with Crippen molar-refractivity contribution in [1.82, 2.24) is 0 Å². The van der Waals surface area contributed by atoms with Gasteiger partial charge in [0, 0.05) is 18.6 Å². The van der Waals surface area contributed by atoms with Crippen molar-refractivity contribution in [2.24, 2.45) is 0 Å². The van der Waals surface area contributed by atoms with Gasteiger partial charge in [-0.2, -0.15) is 0 Å². The molecule has 0 aliphatic heterocycles. The fourth-order valence-electron chi connectivity index (χ4n) is 1.62. The SMILES string of the molecule is CN(C)c1ccc(Br)cc1NS(=O)(=O)c1ccc(Br)s1. The van der Waals surface area contributed by atoms with Crippen LogP contribution in [0.4, 0.5) is 11.4 Å². The Morgan fingerprint density at radius 1 is 1.15 bits per heavy atom. The van der Waals surface area contributed by atoms with E-state index in [0.717, 1.165) is 13.9 Å². The normalized spacial score (nSPS) is 11.4. The van der Waals surface area contributed by atoms with Crippen LogP contribution in [0.15, 0.2) is 42.8 Å². The van der Waals surface area contributed by atoms with Crippen molar-refractivity contribution in [2.75, 3.05) is 23.7 Å². The largest absolute Gasteiger partial charge is 0.376 e. The van der Waals surface area contributed by atoms with Gasteiger partial charge < -0.3 is 4.90 Å². The molecule has 108 valence electrons. The molecule has 20 heavy (non-hydrogen) atoms. The first-order valence-electron chi connectivity index (χ1n) is 5.54. The lowest BCUT2D eigenvalue weighted by Gasteiger charge is -2.18. The minimum Gasteiger partial charge on any atom is -0.376 e. The number of rotatable bonds is 4. The molecule has 1 heterocycles. The van der Waals surface area contributed by atoms with Crippen molar-refractivity contribution in [3.05, 3.63) is 38.6 Å². The number of benzene rings is 1. The van der Waals surface area contributed by atoms with Gasteiger partial charge >= 0.3 is 0 Å². The molecule has 0 saturated carbocycles. The Hall–Kier alpha value is -0.570. The average Bonchev–Trinajstić information content (AvgIpc) is 2.75. The molecule has 2 aromatic rings. The molecule has 0 amide bonds. The van der Waals surface area contributed by atoms with Crippen LogP contribution in [0.5, 0.6) is 0 Å². The molecule has 1 aromatic carbocycles. The summed E-state index contributed by atoms with van der Waals surface area (Å²) in [5.74, 6) is 0. The molecule has 0 spiro atoms. The second-order valence-corrected chi connectivity index (χ2v) is 9.51. The van der Waals surface area contributed by atoms with E-state index in [2.05, 4.69) is 36.6 Å². The molecule has 4 nitrogen and oxygen atoms in total. The number of hydrogen-bond acceptors (Lipinski definition) is 4. The quantitative estimate of drug-likeness (QED) is 0.778. The molecule has 0 saturated heterocycles. The molecule has 0 bridgehead atoms. The maximum atomic E-state index is 12.3. The minimum absolute atomic E-state index is 0.272. The van der Waals surface area contributed by atoms with Crippen molar-refractivity contribution in [3.8, 4) is 0 Å². The van der Waals surface area contributed by atoms with E-state index in [9.17, 15) is 8.42 Å². The van der Waals surface area contributed by atoms with E-state index in [1.54, 1.807) is 18.2 Å². The second kappa shape index (κ2) is 6.05. The number of nitrogens with one attached hydrogen (secondary N) is 1. The second-order valence-electron chi connectivity index (χ2n) is 4.22. The Morgan fingerprint density at radius 3 is 2.40 bits per heavy atom. The summed E-state index contributed by atoms with van der Waals surface area (Å²) in [5, 5.41) is 0. The molecule has 0 radical (unpaired) electrons. The molecule has 0 fully saturated rings. The summed E-state index contributed by atoms with van der Waals surface area (Å²) in [6.45, 7) is 0. The fourth-order valence-corrected chi connectivity index (χ4v) is 5.05. The van der Waals surface area contributed by atoms with Gasteiger partial charge in [0.15, 0.2) is 0 Å². The van der Waals surface area contributed by atoms with Crippen LogP contribution in [0.25, 0.3) is 0 Å². The van der Waals surface area contributed by atoms with Crippen LogP contribution in [-0.2, 0) is 10.0 Å². The Kier molecular flexibility index (Phi) is 4.78. The summed E-state index contributed by atoms with van der Waals surface area (Å²) in [6.07, 6.45) is 0. The summed E-state index contributed by atoms with van der Waals surface area (Å²) >= 11 is 7.80. The Bertz CT molecular complexity index is 727. The van der Waals surface area contributed by atoms with Crippen LogP contribution in [0.2, 0.25) is 0 Å². The minimum atomic E-state index is -3.57. The average molecular weight is 440 g/mol. The van der Waals surface area contributed by atoms with Crippen molar-refractivity contribution in [3.63, 3.8) is 0 Å². The third kappa shape index (κ3) is 3.55. The predicted octanol–water partition coefficient (Wildman–Crippen LogP) is 4.14. The summed E-state index contributed by atoms with van der Waals surface area (Å²) in [6, 6.07) is 8.76. The summed E-state index contributed by atoms with van der Waals surface area (Å²) in [5.41, 5.74) is 1.33. The number of thiophene rings is 1. The number of halogens is 2. The van der Waals surface area contributed by atoms with Gasteiger partial charge in [-0.3, -0.25) is 4.72 Å². The fraction of sp³-hybridized carbons (Fsp3) is 0.167. The van der Waals surface area contributed by atoms with E-state index < -0.39 is 10.0 Å². The number of sulfonamides is 1. The van der Waals surface area contributed by atoms with Crippen LogP contribution in [0.3, 0.4) is 0 Å². The lowest BCUT2D eigenvalue weighted by atomic mass is 10.2. The molecule has 8 heteroatoms. The standard InChI is InChI=1S/C12H12Br2N2O2S2/c1-16(2)10-4-3-8(13)7-9(10)15-20(17,18)12-6-5-11(14)19-12/h3-7,15H,1-2H3. The predicted molar refractivity (Wildman–Crippen MR) is 91.3 cm³/mol. The number of nitrogens with zero attached hydrogens (tertiary/aromatic N) is 1. The van der Waals surface area contributed by atoms with E-state index in [4.69, 9.17) is 0 Å². The molecule has 0 unspecified atom stereocenters. The highest BCUT2D eigenvalue weighted by Gasteiger charge is 2.19. The van der Waals surface area contributed by atoms with E-state index in [-0.39, 0.29) is 4.21 Å². The van der Waals surface area contributed by atoms with Crippen LogP contribution >= 0.6 is 43.2 Å². The van der Waals surface area contributed by atoms with E-state index >= 15 is 0 Å². The first-order valence-corrected chi connectivity index (χ1v) is 9.43. The first kappa shape index (κ1) is 15.8. The van der Waals surface area contributed by atoms with Gasteiger partial charge in [0.2, 0.25) is 0 Å². The van der Waals surface area contributed by atoms with E-state index in [1.807, 2.05) is 31.1 Å². The Balaban J connectivity index is 2.41. The monoisotopic (exact) mass is 438 g/mol. The zero-order valence-electron chi connectivity index (χ0n) is 10.7. The summed E-state index contributed by atoms with van der Waals surface area (Å²) in [4.78, 5) is 1.86. The zero-order chi connectivity index (χ0) is 14.9. The van der Waals surface area contributed by atoms with Crippen molar-refractivity contribution < 1.29 is 8.42 Å². The Labute approximate surface area is 139 Å². The molecule has 0 atom stereocenters. The van der Waals surface area contributed by atoms with Crippen molar-refractivity contribution >= 4 is 64.6 Å². The van der Waals surface area contributed by atoms with Gasteiger partial charge in [0.05, 0.1) is 15.2 Å². The molecule has 1 N–H and O–H groups in total. The van der Waals surface area contributed by atoms with E-state index in [1.165, 1.54) is 11.3 Å². The smallest absolute Gasteiger partial charge is 0.271 e. The van der Waals surface area contributed by atoms with Gasteiger partial charge in [-0.25, -0.2) is 8.42 Å². The molecular weight excluding hydrogens is 428 g/mol. The van der Waals surface area contributed by atoms with Crippen molar-refractivity contribution in [1.29, 1.82) is 0 Å². The first-order chi connectivity index (χ1) is 9.29. The van der Waals surface area contributed by atoms with Gasteiger partial charge in [0.1, 0.15) is 4.21 Å². The van der Waals surface area contributed by atoms with Crippen LogP contribution in [0.1, 0.15) is 0 Å². The Morgan fingerprint density at radius 2 is 1.85 bits per heavy atom. The highest BCUT2D eigenvalue weighted by Crippen LogP contribution is 2.32. The lowest BCUT2D eigenvalue weighted by Crippen LogP contribution is -2.16. The van der Waals surface area contributed by atoms with Crippen LogP contribution in [-0.4, -0.2) is 22.5 Å². The van der Waals surface area contributed by atoms with Gasteiger partial charge in [0.25, 0.3) is 10.0 Å². The third-order valence-electron chi connectivity index (χ3n) is 2.50. The van der Waals surface area contributed by atoms with Crippen LogP contribution in [0, 0.1) is 0 Å². The highest BCUT2D eigenvalue weighted by atomic mass is 79.9. The van der Waals surface area contributed by atoms with Gasteiger partial charge in [-0.15, -0.1) is 11.3 Å². The maximum Gasteiger partial charge on any atom is 0.271 e. The van der Waals surface area contributed by atoms with Crippen LogP contribution < -0.4 is 9.62 Å². The molecule has 0 aliphatic carbocycles. The molecule has 2 rings (SSSR count). The summed E-state index contributed by atoms with van der Waals surface area (Å²) in [7, 11) is 0.153. The van der Waals surface area contributed by atoms with E-state index in [0.29, 0.717) is 5.69 Å². The number of anilines is 2. The van der Waals surface area contributed by atoms with Gasteiger partial charge in [-0.1, -0.05) is 15.9 Å². The third-order valence-corrected chi connectivity index (χ3v) is 6.47. The molecule has 0 aliphatic rings. The molecule has 1 aromatic heterocycles. The maximum absolute atomic E-state index is 12.3.